The van der Waals surface area contributed by atoms with Gasteiger partial charge in [-0.25, -0.2) is 8.42 Å². The first-order valence-corrected chi connectivity index (χ1v) is 12.9. The van der Waals surface area contributed by atoms with Crippen molar-refractivity contribution in [1.29, 1.82) is 0 Å². The summed E-state index contributed by atoms with van der Waals surface area (Å²) in [6.45, 7) is 5.93. The van der Waals surface area contributed by atoms with Crippen LogP contribution in [0, 0.1) is 0 Å². The Bertz CT molecular complexity index is 1070. The van der Waals surface area contributed by atoms with Gasteiger partial charge in [-0.3, -0.25) is 14.0 Å². The van der Waals surface area contributed by atoms with E-state index in [0.29, 0.717) is 18.0 Å². The molecular formula is C23H30ClN3O5S. The Labute approximate surface area is 200 Å². The van der Waals surface area contributed by atoms with Crippen LogP contribution in [-0.2, 0) is 32.6 Å². The summed E-state index contributed by atoms with van der Waals surface area (Å²) in [4.78, 5) is 15.2. The van der Waals surface area contributed by atoms with Crippen LogP contribution >= 0.6 is 11.6 Å². The number of nitrogens with one attached hydrogen (secondary N) is 1. The molecule has 1 aliphatic rings. The first kappa shape index (κ1) is 25.3. The first-order valence-electron chi connectivity index (χ1n) is 10.7. The molecule has 0 spiro atoms. The Morgan fingerprint density at radius 3 is 2.55 bits per heavy atom. The highest BCUT2D eigenvalue weighted by Gasteiger charge is 2.29. The standard InChI is InChI=1S/C23H30ClN3O5S/c1-17(27(33(3,29)30)20-7-8-22(31-2)21(24)14-20)23(28)25-15-18-5-4-6-19(13-18)16-26-9-11-32-12-10-26/h4-8,13-14,17H,9-12,15-16H2,1-3H3,(H,25,28)/t17-/m1/s1. The molecule has 180 valence electrons. The minimum Gasteiger partial charge on any atom is -0.495 e. The van der Waals surface area contributed by atoms with E-state index in [4.69, 9.17) is 21.1 Å². The van der Waals surface area contributed by atoms with E-state index in [-0.39, 0.29) is 5.02 Å². The van der Waals surface area contributed by atoms with Gasteiger partial charge in [0.1, 0.15) is 11.8 Å². The molecule has 1 amide bonds. The van der Waals surface area contributed by atoms with Gasteiger partial charge in [0.25, 0.3) is 0 Å². The third-order valence-corrected chi connectivity index (χ3v) is 6.98. The van der Waals surface area contributed by atoms with Crippen LogP contribution in [-0.4, -0.2) is 64.9 Å². The summed E-state index contributed by atoms with van der Waals surface area (Å²) >= 11 is 6.18. The van der Waals surface area contributed by atoms with Crippen molar-refractivity contribution in [1.82, 2.24) is 10.2 Å². The van der Waals surface area contributed by atoms with Crippen molar-refractivity contribution in [3.63, 3.8) is 0 Å². The van der Waals surface area contributed by atoms with Crippen LogP contribution in [0.5, 0.6) is 5.75 Å². The molecule has 0 aliphatic carbocycles. The van der Waals surface area contributed by atoms with Crippen LogP contribution in [0.4, 0.5) is 5.69 Å². The number of halogens is 1. The lowest BCUT2D eigenvalue weighted by Gasteiger charge is -2.28. The van der Waals surface area contributed by atoms with Crippen molar-refractivity contribution < 1.29 is 22.7 Å². The Morgan fingerprint density at radius 1 is 1.21 bits per heavy atom. The summed E-state index contributed by atoms with van der Waals surface area (Å²) in [5, 5.41) is 3.11. The third kappa shape index (κ3) is 6.83. The first-order chi connectivity index (χ1) is 15.7. The van der Waals surface area contributed by atoms with Crippen molar-refractivity contribution >= 4 is 33.2 Å². The smallest absolute Gasteiger partial charge is 0.243 e. The SMILES string of the molecule is COc1ccc(N([C@H](C)C(=O)NCc2cccc(CN3CCOCC3)c2)S(C)(=O)=O)cc1Cl. The van der Waals surface area contributed by atoms with Gasteiger partial charge >= 0.3 is 0 Å². The van der Waals surface area contributed by atoms with Crippen molar-refractivity contribution in [2.75, 3.05) is 44.0 Å². The summed E-state index contributed by atoms with van der Waals surface area (Å²) in [6.07, 6.45) is 1.06. The second-order valence-corrected chi connectivity index (χ2v) is 10.2. The number of benzene rings is 2. The van der Waals surface area contributed by atoms with E-state index in [1.807, 2.05) is 12.1 Å². The Kier molecular flexibility index (Phi) is 8.58. The molecule has 0 aromatic heterocycles. The second-order valence-electron chi connectivity index (χ2n) is 7.98. The fraction of sp³-hybridized carbons (Fsp3) is 0.435. The molecule has 1 atom stereocenters. The topological polar surface area (TPSA) is 88.2 Å². The lowest BCUT2D eigenvalue weighted by molar-refractivity contribution is -0.122. The number of hydrogen-bond acceptors (Lipinski definition) is 6. The minimum atomic E-state index is -3.75. The lowest BCUT2D eigenvalue weighted by Crippen LogP contribution is -2.47. The molecule has 1 heterocycles. The minimum absolute atomic E-state index is 0.258. The predicted octanol–water partition coefficient (Wildman–Crippen LogP) is 2.65. The molecule has 33 heavy (non-hydrogen) atoms. The van der Waals surface area contributed by atoms with Crippen LogP contribution in [0.1, 0.15) is 18.1 Å². The zero-order valence-corrected chi connectivity index (χ0v) is 20.7. The van der Waals surface area contributed by atoms with E-state index < -0.39 is 22.0 Å². The number of sulfonamides is 1. The number of carbonyl (C=O) groups is 1. The van der Waals surface area contributed by atoms with Crippen LogP contribution in [0.15, 0.2) is 42.5 Å². The summed E-state index contributed by atoms with van der Waals surface area (Å²) < 4.78 is 36.6. The van der Waals surface area contributed by atoms with E-state index in [1.165, 1.54) is 13.2 Å². The monoisotopic (exact) mass is 495 g/mol. The number of amides is 1. The number of morpholine rings is 1. The highest BCUT2D eigenvalue weighted by molar-refractivity contribution is 7.92. The van der Waals surface area contributed by atoms with Gasteiger partial charge in [0, 0.05) is 26.2 Å². The lowest BCUT2D eigenvalue weighted by atomic mass is 10.1. The highest BCUT2D eigenvalue weighted by Crippen LogP contribution is 2.31. The van der Waals surface area contributed by atoms with Gasteiger partial charge in [-0.1, -0.05) is 35.9 Å². The zero-order chi connectivity index (χ0) is 24.0. The van der Waals surface area contributed by atoms with Gasteiger partial charge in [0.05, 0.1) is 37.3 Å². The summed E-state index contributed by atoms with van der Waals surface area (Å²) in [5.41, 5.74) is 2.39. The van der Waals surface area contributed by atoms with Crippen molar-refractivity contribution in [3.05, 3.63) is 58.6 Å². The summed E-state index contributed by atoms with van der Waals surface area (Å²) in [5.74, 6) is 0.00822. The van der Waals surface area contributed by atoms with E-state index in [0.717, 1.165) is 54.5 Å². The molecule has 1 N–H and O–H groups in total. The molecule has 1 fully saturated rings. The molecule has 8 nitrogen and oxygen atoms in total. The molecule has 3 rings (SSSR count). The third-order valence-electron chi connectivity index (χ3n) is 5.45. The number of methoxy groups -OCH3 is 1. The second kappa shape index (κ2) is 11.2. The molecule has 1 saturated heterocycles. The molecule has 0 unspecified atom stereocenters. The maximum Gasteiger partial charge on any atom is 0.243 e. The van der Waals surface area contributed by atoms with Gasteiger partial charge in [0.15, 0.2) is 0 Å². The largest absolute Gasteiger partial charge is 0.495 e. The fourth-order valence-corrected chi connectivity index (χ4v) is 5.21. The van der Waals surface area contributed by atoms with Crippen molar-refractivity contribution in [2.24, 2.45) is 0 Å². The van der Waals surface area contributed by atoms with Gasteiger partial charge in [-0.2, -0.15) is 0 Å². The summed E-state index contributed by atoms with van der Waals surface area (Å²) in [7, 11) is -2.27. The Hall–Kier alpha value is -2.33. The Morgan fingerprint density at radius 2 is 1.91 bits per heavy atom. The van der Waals surface area contributed by atoms with Gasteiger partial charge in [-0.05, 0) is 36.2 Å². The van der Waals surface area contributed by atoms with E-state index in [9.17, 15) is 13.2 Å². The van der Waals surface area contributed by atoms with Crippen LogP contribution in [0.2, 0.25) is 5.02 Å². The number of hydrogen-bond donors (Lipinski definition) is 1. The molecule has 2 aromatic carbocycles. The number of ether oxygens (including phenoxy) is 2. The number of carbonyl (C=O) groups excluding carboxylic acids is 1. The average molecular weight is 496 g/mol. The molecule has 0 saturated carbocycles. The average Bonchev–Trinajstić information content (AvgIpc) is 2.77. The van der Waals surface area contributed by atoms with Crippen LogP contribution in [0.25, 0.3) is 0 Å². The van der Waals surface area contributed by atoms with Crippen molar-refractivity contribution in [2.45, 2.75) is 26.1 Å². The van der Waals surface area contributed by atoms with E-state index in [1.54, 1.807) is 19.1 Å². The predicted molar refractivity (Wildman–Crippen MR) is 129 cm³/mol. The maximum absolute atomic E-state index is 12.9. The molecule has 0 bridgehead atoms. The van der Waals surface area contributed by atoms with Crippen molar-refractivity contribution in [3.8, 4) is 5.75 Å². The van der Waals surface area contributed by atoms with Crippen LogP contribution < -0.4 is 14.4 Å². The van der Waals surface area contributed by atoms with Gasteiger partial charge in [0.2, 0.25) is 15.9 Å². The van der Waals surface area contributed by atoms with E-state index >= 15 is 0 Å². The van der Waals surface area contributed by atoms with E-state index in [2.05, 4.69) is 22.3 Å². The molecule has 1 aliphatic heterocycles. The highest BCUT2D eigenvalue weighted by atomic mass is 35.5. The van der Waals surface area contributed by atoms with Gasteiger partial charge < -0.3 is 14.8 Å². The van der Waals surface area contributed by atoms with Crippen LogP contribution in [0.3, 0.4) is 0 Å². The number of anilines is 1. The zero-order valence-electron chi connectivity index (χ0n) is 19.1. The maximum atomic E-state index is 12.9. The number of rotatable bonds is 9. The van der Waals surface area contributed by atoms with Gasteiger partial charge in [-0.15, -0.1) is 0 Å². The molecule has 10 heteroatoms. The molecule has 0 radical (unpaired) electrons. The quantitative estimate of drug-likeness (QED) is 0.575. The Balaban J connectivity index is 1.68. The fourth-order valence-electron chi connectivity index (χ4n) is 3.79. The summed E-state index contributed by atoms with van der Waals surface area (Å²) in [6, 6.07) is 11.6. The number of nitrogens with zero attached hydrogens (tertiary/aromatic N) is 2. The molecule has 2 aromatic rings. The molecular weight excluding hydrogens is 466 g/mol. The normalized spacial score (nSPS) is 15.6.